The minimum Gasteiger partial charge on any atom is -0.299 e. The average Bonchev–Trinajstić information content (AvgIpc) is 3.06. The zero-order valence-electron chi connectivity index (χ0n) is 18.7. The maximum Gasteiger partial charge on any atom is 0.159 e. The Kier molecular flexibility index (Phi) is 5.03. The standard InChI is InChI=1S/C26H28N2O3/c1-15-12-18-19(26(4,5)11-10-25(18,2)3)13-17(15)24(28-31)20-7-6-16(14-27-20)23-21(29)8-9-22(23)30/h6-7,10-14,23-24H,8-9H2,1-5H3. The van der Waals surface area contributed by atoms with Crippen LogP contribution in [0.4, 0.5) is 0 Å². The molecule has 5 nitrogen and oxygen atoms in total. The first kappa shape index (κ1) is 21.3. The Hall–Kier alpha value is -2.95. The van der Waals surface area contributed by atoms with Crippen molar-refractivity contribution in [2.75, 3.05) is 0 Å². The van der Waals surface area contributed by atoms with Crippen LogP contribution in [0.2, 0.25) is 0 Å². The van der Waals surface area contributed by atoms with Gasteiger partial charge in [0.15, 0.2) is 6.04 Å². The van der Waals surface area contributed by atoms with Gasteiger partial charge in [-0.05, 0) is 40.8 Å². The van der Waals surface area contributed by atoms with Crippen molar-refractivity contribution >= 4 is 11.6 Å². The van der Waals surface area contributed by atoms with Crippen molar-refractivity contribution in [3.8, 4) is 0 Å². The molecule has 2 aromatic rings. The number of carbonyl (C=O) groups is 2. The molecule has 5 heteroatoms. The van der Waals surface area contributed by atoms with E-state index in [2.05, 4.69) is 62.1 Å². The molecule has 1 fully saturated rings. The number of fused-ring (bicyclic) bond motifs is 1. The summed E-state index contributed by atoms with van der Waals surface area (Å²) in [5.41, 5.74) is 5.15. The molecule has 1 atom stereocenters. The van der Waals surface area contributed by atoms with Crippen molar-refractivity contribution in [1.82, 2.24) is 4.98 Å². The molecule has 0 spiro atoms. The summed E-state index contributed by atoms with van der Waals surface area (Å²) in [6, 6.07) is 6.96. The van der Waals surface area contributed by atoms with Crippen LogP contribution in [0, 0.1) is 11.8 Å². The Morgan fingerprint density at radius 2 is 1.55 bits per heavy atom. The molecular weight excluding hydrogens is 388 g/mol. The average molecular weight is 417 g/mol. The van der Waals surface area contributed by atoms with E-state index in [0.29, 0.717) is 24.1 Å². The highest BCUT2D eigenvalue weighted by Gasteiger charge is 2.36. The van der Waals surface area contributed by atoms with Gasteiger partial charge in [0.25, 0.3) is 0 Å². The summed E-state index contributed by atoms with van der Waals surface area (Å²) in [4.78, 5) is 40.5. The van der Waals surface area contributed by atoms with Gasteiger partial charge >= 0.3 is 0 Å². The summed E-state index contributed by atoms with van der Waals surface area (Å²) in [7, 11) is 0. The van der Waals surface area contributed by atoms with Crippen LogP contribution in [-0.2, 0) is 20.4 Å². The fourth-order valence-electron chi connectivity index (χ4n) is 4.79. The van der Waals surface area contributed by atoms with Gasteiger partial charge < -0.3 is 0 Å². The van der Waals surface area contributed by atoms with Gasteiger partial charge in [-0.3, -0.25) is 14.6 Å². The van der Waals surface area contributed by atoms with Crippen LogP contribution >= 0.6 is 0 Å². The molecule has 1 aromatic carbocycles. The quantitative estimate of drug-likeness (QED) is 0.381. The number of Topliss-reactive ketones (excluding diaryl/α,β-unsaturated/α-hetero) is 2. The molecule has 0 aliphatic heterocycles. The van der Waals surface area contributed by atoms with Crippen LogP contribution < -0.4 is 0 Å². The Bertz CT molecular complexity index is 1090. The maximum atomic E-state index is 12.1. The highest BCUT2D eigenvalue weighted by Crippen LogP contribution is 2.44. The van der Waals surface area contributed by atoms with Crippen LogP contribution in [0.15, 0.2) is 47.8 Å². The van der Waals surface area contributed by atoms with E-state index in [9.17, 15) is 14.5 Å². The lowest BCUT2D eigenvalue weighted by Crippen LogP contribution is -2.29. The number of nitroso groups, excluding NO2 is 1. The fourth-order valence-corrected chi connectivity index (χ4v) is 4.79. The van der Waals surface area contributed by atoms with E-state index in [0.717, 1.165) is 11.1 Å². The molecule has 0 bridgehead atoms. The second-order valence-electron chi connectivity index (χ2n) is 9.92. The fraction of sp³-hybridized carbons (Fsp3) is 0.423. The SMILES string of the molecule is Cc1cc2c(cc1C(N=O)c1ccc(C3C(=O)CCC3=O)cn1)C(C)(C)C=CC2(C)C. The van der Waals surface area contributed by atoms with E-state index < -0.39 is 12.0 Å². The molecule has 1 heterocycles. The third kappa shape index (κ3) is 3.56. The number of hydrogen-bond acceptors (Lipinski definition) is 5. The van der Waals surface area contributed by atoms with E-state index >= 15 is 0 Å². The summed E-state index contributed by atoms with van der Waals surface area (Å²) in [5, 5.41) is 3.42. The van der Waals surface area contributed by atoms with E-state index in [1.807, 2.05) is 6.92 Å². The Balaban J connectivity index is 1.75. The molecule has 160 valence electrons. The molecule has 1 unspecified atom stereocenters. The van der Waals surface area contributed by atoms with Gasteiger partial charge in [-0.1, -0.05) is 63.2 Å². The smallest absolute Gasteiger partial charge is 0.159 e. The van der Waals surface area contributed by atoms with Crippen LogP contribution in [0.5, 0.6) is 0 Å². The predicted molar refractivity (Wildman–Crippen MR) is 120 cm³/mol. The lowest BCUT2D eigenvalue weighted by molar-refractivity contribution is -0.123. The summed E-state index contributed by atoms with van der Waals surface area (Å²) < 4.78 is 0. The van der Waals surface area contributed by atoms with Crippen molar-refractivity contribution in [1.29, 1.82) is 0 Å². The molecule has 0 N–H and O–H groups in total. The summed E-state index contributed by atoms with van der Waals surface area (Å²) in [5.74, 6) is -0.842. The minimum atomic E-state index is -0.751. The third-order valence-corrected chi connectivity index (χ3v) is 6.80. The van der Waals surface area contributed by atoms with E-state index in [1.54, 1.807) is 18.3 Å². The highest BCUT2D eigenvalue weighted by molar-refractivity contribution is 6.13. The summed E-state index contributed by atoms with van der Waals surface area (Å²) >= 11 is 0. The van der Waals surface area contributed by atoms with Crippen LogP contribution in [0.3, 0.4) is 0 Å². The number of ketones is 2. The van der Waals surface area contributed by atoms with Crippen molar-refractivity contribution in [3.05, 3.63) is 81.0 Å². The molecule has 31 heavy (non-hydrogen) atoms. The van der Waals surface area contributed by atoms with Gasteiger partial charge in [0.05, 0.1) is 5.69 Å². The second-order valence-corrected chi connectivity index (χ2v) is 9.92. The number of carbonyl (C=O) groups excluding carboxylic acids is 2. The monoisotopic (exact) mass is 416 g/mol. The Morgan fingerprint density at radius 3 is 2.06 bits per heavy atom. The van der Waals surface area contributed by atoms with E-state index in [4.69, 9.17) is 0 Å². The van der Waals surface area contributed by atoms with Gasteiger partial charge in [0, 0.05) is 29.9 Å². The van der Waals surface area contributed by atoms with Crippen LogP contribution in [-0.4, -0.2) is 16.6 Å². The molecule has 1 aromatic heterocycles. The van der Waals surface area contributed by atoms with E-state index in [-0.39, 0.29) is 22.4 Å². The van der Waals surface area contributed by atoms with Crippen molar-refractivity contribution in [3.63, 3.8) is 0 Å². The van der Waals surface area contributed by atoms with E-state index in [1.165, 1.54) is 11.1 Å². The number of hydrogen-bond donors (Lipinski definition) is 0. The third-order valence-electron chi connectivity index (χ3n) is 6.80. The number of nitrogens with zero attached hydrogens (tertiary/aromatic N) is 2. The number of aromatic nitrogens is 1. The number of rotatable bonds is 4. The topological polar surface area (TPSA) is 76.5 Å². The molecule has 2 aliphatic rings. The van der Waals surface area contributed by atoms with Gasteiger partial charge in [-0.15, -0.1) is 4.91 Å². The lowest BCUT2D eigenvalue weighted by atomic mass is 9.67. The molecule has 0 saturated heterocycles. The summed E-state index contributed by atoms with van der Waals surface area (Å²) in [6.45, 7) is 10.7. The zero-order chi connectivity index (χ0) is 22.6. The van der Waals surface area contributed by atoms with Crippen molar-refractivity contribution < 1.29 is 9.59 Å². The van der Waals surface area contributed by atoms with Crippen LogP contribution in [0.1, 0.15) is 86.0 Å². The van der Waals surface area contributed by atoms with Gasteiger partial charge in [0.1, 0.15) is 17.5 Å². The molecule has 2 aliphatic carbocycles. The molecule has 0 amide bonds. The second kappa shape index (κ2) is 7.33. The van der Waals surface area contributed by atoms with Crippen molar-refractivity contribution in [2.45, 2.75) is 70.3 Å². The summed E-state index contributed by atoms with van der Waals surface area (Å²) in [6.07, 6.45) is 6.59. The number of pyridine rings is 1. The molecule has 4 rings (SSSR count). The van der Waals surface area contributed by atoms with Gasteiger partial charge in [-0.2, -0.15) is 0 Å². The molecule has 1 saturated carbocycles. The maximum absolute atomic E-state index is 12.1. The largest absolute Gasteiger partial charge is 0.299 e. The number of benzene rings is 1. The number of allylic oxidation sites excluding steroid dienone is 2. The Labute approximate surface area is 182 Å². The van der Waals surface area contributed by atoms with Crippen LogP contribution in [0.25, 0.3) is 0 Å². The first-order chi connectivity index (χ1) is 14.5. The highest BCUT2D eigenvalue weighted by atomic mass is 16.3. The van der Waals surface area contributed by atoms with Crippen molar-refractivity contribution in [2.24, 2.45) is 5.18 Å². The first-order valence-corrected chi connectivity index (χ1v) is 10.7. The Morgan fingerprint density at radius 1 is 0.968 bits per heavy atom. The predicted octanol–water partition coefficient (Wildman–Crippen LogP) is 5.39. The van der Waals surface area contributed by atoms with Gasteiger partial charge in [0.2, 0.25) is 0 Å². The lowest BCUT2D eigenvalue weighted by Gasteiger charge is -2.37. The first-order valence-electron chi connectivity index (χ1n) is 10.7. The minimum absolute atomic E-state index is 0.0620. The zero-order valence-corrected chi connectivity index (χ0v) is 18.7. The number of aryl methyl sites for hydroxylation is 1. The molecule has 0 radical (unpaired) electrons. The van der Waals surface area contributed by atoms with Gasteiger partial charge in [-0.25, -0.2) is 0 Å². The molecular formula is C26H28N2O3. The normalized spacial score (nSPS) is 20.5.